The van der Waals surface area contributed by atoms with Gasteiger partial charge in [0.2, 0.25) is 0 Å². The smallest absolute Gasteiger partial charge is 0.0544 e. The third-order valence-corrected chi connectivity index (χ3v) is 9.80. The average molecular weight is 681 g/mol. The summed E-state index contributed by atoms with van der Waals surface area (Å²) in [6, 6.07) is 27.8. The van der Waals surface area contributed by atoms with E-state index in [1.54, 1.807) is 0 Å². The number of nitrogens with one attached hydrogen (secondary N) is 1. The number of anilines is 2. The lowest BCUT2D eigenvalue weighted by Gasteiger charge is -2.32. The van der Waals surface area contributed by atoms with Crippen LogP contribution in [0.25, 0.3) is 22.3 Å². The molecular formula is C44H58BrN. The minimum Gasteiger partial charge on any atom is -0.354 e. The lowest BCUT2D eigenvalue weighted by Crippen LogP contribution is -2.18. The fourth-order valence-electron chi connectivity index (χ4n) is 6.11. The predicted molar refractivity (Wildman–Crippen MR) is 208 cm³/mol. The SMILES string of the molecule is CC(C)(C)c1ccc(C(C)(C)C)c(-c2cc(C(C)(C)C)cc(-c3cc(C(C)(C)C)ccc3C(C)(C)C)c2Nc2ccccc2Br)c1. The molecule has 0 bridgehead atoms. The van der Waals surface area contributed by atoms with Crippen LogP contribution in [0.4, 0.5) is 11.4 Å². The van der Waals surface area contributed by atoms with Gasteiger partial charge < -0.3 is 5.32 Å². The van der Waals surface area contributed by atoms with Gasteiger partial charge in [0.15, 0.2) is 0 Å². The molecule has 0 atom stereocenters. The van der Waals surface area contributed by atoms with Crippen LogP contribution < -0.4 is 5.32 Å². The molecule has 0 aliphatic rings. The fourth-order valence-corrected chi connectivity index (χ4v) is 6.49. The van der Waals surface area contributed by atoms with E-state index in [1.165, 1.54) is 50.1 Å². The minimum absolute atomic E-state index is 0.0200. The Morgan fingerprint density at radius 3 is 1.13 bits per heavy atom. The maximum Gasteiger partial charge on any atom is 0.0544 e. The standard InChI is InChI=1S/C44H58BrN/c1-40(2,3)28-20-22-35(43(10,11)12)31(24-28)33-26-30(42(7,8)9)27-34(39(33)46-38-19-17-16-18-37(38)45)32-25-29(41(4,5)6)21-23-36(32)44(13,14)15/h16-27,46H,1-15H3. The molecule has 46 heavy (non-hydrogen) atoms. The Bertz CT molecular complexity index is 1620. The molecule has 4 aromatic carbocycles. The van der Waals surface area contributed by atoms with Crippen molar-refractivity contribution >= 4 is 27.3 Å². The number of rotatable bonds is 4. The summed E-state index contributed by atoms with van der Waals surface area (Å²) in [4.78, 5) is 0. The molecule has 0 saturated carbocycles. The monoisotopic (exact) mass is 679 g/mol. The highest BCUT2D eigenvalue weighted by Crippen LogP contribution is 2.49. The molecule has 0 radical (unpaired) electrons. The molecule has 0 aromatic heterocycles. The second-order valence-electron chi connectivity index (χ2n) is 18.3. The Labute approximate surface area is 289 Å². The first kappa shape index (κ1) is 36.0. The highest BCUT2D eigenvalue weighted by atomic mass is 79.9. The van der Waals surface area contributed by atoms with E-state index in [9.17, 15) is 0 Å². The van der Waals surface area contributed by atoms with Gasteiger partial charge in [0, 0.05) is 15.6 Å². The van der Waals surface area contributed by atoms with E-state index in [1.807, 2.05) is 0 Å². The molecule has 246 valence electrons. The fraction of sp³-hybridized carbons (Fsp3) is 0.455. The van der Waals surface area contributed by atoms with Crippen molar-refractivity contribution in [3.05, 3.63) is 105 Å². The van der Waals surface area contributed by atoms with Gasteiger partial charge in [-0.25, -0.2) is 0 Å². The van der Waals surface area contributed by atoms with Crippen molar-refractivity contribution in [2.24, 2.45) is 0 Å². The summed E-state index contributed by atoms with van der Waals surface area (Å²) >= 11 is 3.87. The molecule has 0 saturated heterocycles. The first-order valence-electron chi connectivity index (χ1n) is 16.9. The van der Waals surface area contributed by atoms with Crippen LogP contribution in [-0.4, -0.2) is 0 Å². The Balaban J connectivity index is 2.30. The molecule has 0 aliphatic heterocycles. The maximum atomic E-state index is 4.01. The van der Waals surface area contributed by atoms with E-state index in [0.29, 0.717) is 0 Å². The van der Waals surface area contributed by atoms with Crippen molar-refractivity contribution < 1.29 is 0 Å². The summed E-state index contributed by atoms with van der Waals surface area (Å²) in [6.45, 7) is 34.9. The lowest BCUT2D eigenvalue weighted by atomic mass is 9.74. The topological polar surface area (TPSA) is 12.0 Å². The number of hydrogen-bond donors (Lipinski definition) is 1. The van der Waals surface area contributed by atoms with Crippen LogP contribution in [0.15, 0.2) is 77.3 Å². The van der Waals surface area contributed by atoms with E-state index < -0.39 is 0 Å². The number of hydrogen-bond acceptors (Lipinski definition) is 1. The van der Waals surface area contributed by atoms with Crippen LogP contribution in [-0.2, 0) is 27.1 Å². The Morgan fingerprint density at radius 1 is 0.413 bits per heavy atom. The molecule has 0 heterocycles. The summed E-state index contributed by atoms with van der Waals surface area (Å²) < 4.78 is 1.05. The van der Waals surface area contributed by atoms with E-state index in [0.717, 1.165) is 15.8 Å². The Morgan fingerprint density at radius 2 is 0.783 bits per heavy atom. The average Bonchev–Trinajstić information content (AvgIpc) is 2.91. The van der Waals surface area contributed by atoms with Crippen molar-refractivity contribution in [3.8, 4) is 22.3 Å². The third-order valence-electron chi connectivity index (χ3n) is 9.11. The van der Waals surface area contributed by atoms with Crippen LogP contribution >= 0.6 is 15.9 Å². The minimum atomic E-state index is -0.0531. The first-order valence-corrected chi connectivity index (χ1v) is 17.7. The molecule has 2 heteroatoms. The lowest BCUT2D eigenvalue weighted by molar-refractivity contribution is 0.577. The van der Waals surface area contributed by atoms with Crippen LogP contribution in [0.2, 0.25) is 0 Å². The second-order valence-corrected chi connectivity index (χ2v) is 19.2. The molecule has 1 N–H and O–H groups in total. The van der Waals surface area contributed by atoms with Gasteiger partial charge >= 0.3 is 0 Å². The molecule has 0 fully saturated rings. The van der Waals surface area contributed by atoms with Gasteiger partial charge in [0.25, 0.3) is 0 Å². The van der Waals surface area contributed by atoms with Crippen LogP contribution in [0, 0.1) is 0 Å². The largest absolute Gasteiger partial charge is 0.354 e. The summed E-state index contributed by atoms with van der Waals surface area (Å²) in [5.74, 6) is 0. The summed E-state index contributed by atoms with van der Waals surface area (Å²) in [5, 5.41) is 4.01. The Hall–Kier alpha value is -2.84. The predicted octanol–water partition coefficient (Wildman–Crippen LogP) is 14.0. The van der Waals surface area contributed by atoms with Gasteiger partial charge in [-0.2, -0.15) is 0 Å². The van der Waals surface area contributed by atoms with Gasteiger partial charge in [-0.15, -0.1) is 0 Å². The van der Waals surface area contributed by atoms with E-state index in [-0.39, 0.29) is 27.1 Å². The van der Waals surface area contributed by atoms with Gasteiger partial charge in [0.1, 0.15) is 0 Å². The maximum absolute atomic E-state index is 4.01. The van der Waals surface area contributed by atoms with E-state index >= 15 is 0 Å². The third kappa shape index (κ3) is 7.82. The van der Waals surface area contributed by atoms with Crippen molar-refractivity contribution in [2.75, 3.05) is 5.32 Å². The first-order chi connectivity index (χ1) is 20.9. The van der Waals surface area contributed by atoms with Gasteiger partial charge in [-0.05, 0) is 106 Å². The molecule has 0 amide bonds. The summed E-state index contributed by atoms with van der Waals surface area (Å²) in [7, 11) is 0. The van der Waals surface area contributed by atoms with Crippen molar-refractivity contribution in [1.29, 1.82) is 0 Å². The molecule has 1 nitrogen and oxygen atoms in total. The van der Waals surface area contributed by atoms with Gasteiger partial charge in [-0.1, -0.05) is 152 Å². The highest BCUT2D eigenvalue weighted by Gasteiger charge is 2.30. The molecular weight excluding hydrogens is 622 g/mol. The molecule has 4 rings (SSSR count). The van der Waals surface area contributed by atoms with E-state index in [4.69, 9.17) is 0 Å². The molecule has 4 aromatic rings. The number of para-hydroxylation sites is 1. The van der Waals surface area contributed by atoms with E-state index in [2.05, 4.69) is 198 Å². The molecule has 0 aliphatic carbocycles. The quantitative estimate of drug-likeness (QED) is 0.226. The Kier molecular flexibility index (Phi) is 9.64. The summed E-state index contributed by atoms with van der Waals surface area (Å²) in [6.07, 6.45) is 0. The zero-order valence-corrected chi connectivity index (χ0v) is 32.9. The summed E-state index contributed by atoms with van der Waals surface area (Å²) in [5.41, 5.74) is 13.9. The van der Waals surface area contributed by atoms with Gasteiger partial charge in [0.05, 0.1) is 11.4 Å². The van der Waals surface area contributed by atoms with Crippen molar-refractivity contribution in [2.45, 2.75) is 131 Å². The normalized spacial score (nSPS) is 13.2. The van der Waals surface area contributed by atoms with Crippen LogP contribution in [0.1, 0.15) is 132 Å². The molecule has 0 spiro atoms. The zero-order chi connectivity index (χ0) is 34.6. The van der Waals surface area contributed by atoms with Crippen molar-refractivity contribution in [1.82, 2.24) is 0 Å². The van der Waals surface area contributed by atoms with Gasteiger partial charge in [-0.3, -0.25) is 0 Å². The van der Waals surface area contributed by atoms with Crippen LogP contribution in [0.5, 0.6) is 0 Å². The molecule has 0 unspecified atom stereocenters. The zero-order valence-electron chi connectivity index (χ0n) is 31.3. The highest BCUT2D eigenvalue weighted by molar-refractivity contribution is 9.10. The van der Waals surface area contributed by atoms with Crippen LogP contribution in [0.3, 0.4) is 0 Å². The van der Waals surface area contributed by atoms with Crippen molar-refractivity contribution in [3.63, 3.8) is 0 Å². The number of halogens is 1. The number of benzene rings is 4. The second kappa shape index (κ2) is 12.3.